The molecule has 1 saturated heterocycles. The van der Waals surface area contributed by atoms with Crippen molar-refractivity contribution in [2.45, 2.75) is 18.9 Å². The van der Waals surface area contributed by atoms with E-state index >= 15 is 0 Å². The van der Waals surface area contributed by atoms with E-state index in [2.05, 4.69) is 28.3 Å². The SMILES string of the molecule is C[C@H]1CN(C)CC[C@]1(O)c1cccc(OP)c1. The number of hydrogen-bond donors (Lipinski definition) is 1. The fourth-order valence-corrected chi connectivity index (χ4v) is 2.73. The van der Waals surface area contributed by atoms with Gasteiger partial charge in [0, 0.05) is 19.0 Å². The van der Waals surface area contributed by atoms with Gasteiger partial charge < -0.3 is 14.5 Å². The third kappa shape index (κ3) is 2.47. The molecule has 1 N–H and O–H groups in total. The summed E-state index contributed by atoms with van der Waals surface area (Å²) in [6.07, 6.45) is 0.769. The van der Waals surface area contributed by atoms with Gasteiger partial charge in [0.05, 0.1) is 15.1 Å². The summed E-state index contributed by atoms with van der Waals surface area (Å²) in [7, 11) is 4.33. The zero-order chi connectivity index (χ0) is 12.5. The molecule has 0 saturated carbocycles. The number of likely N-dealkylation sites (tertiary alicyclic amines) is 1. The molecule has 3 nitrogen and oxygen atoms in total. The summed E-state index contributed by atoms with van der Waals surface area (Å²) < 4.78 is 5.14. The van der Waals surface area contributed by atoms with Gasteiger partial charge in [-0.2, -0.15) is 0 Å². The van der Waals surface area contributed by atoms with Crippen molar-refractivity contribution >= 4 is 9.47 Å². The van der Waals surface area contributed by atoms with Crippen molar-refractivity contribution in [1.29, 1.82) is 0 Å². The first kappa shape index (κ1) is 12.8. The quantitative estimate of drug-likeness (QED) is 0.818. The number of aliphatic hydroxyl groups is 1. The third-order valence-corrected chi connectivity index (χ3v) is 4.02. The molecule has 3 atom stereocenters. The molecule has 1 aliphatic heterocycles. The molecule has 1 aromatic carbocycles. The van der Waals surface area contributed by atoms with Crippen LogP contribution in [0.3, 0.4) is 0 Å². The lowest BCUT2D eigenvalue weighted by atomic mass is 9.77. The number of benzene rings is 1. The Balaban J connectivity index is 2.30. The largest absolute Gasteiger partial charge is 0.480 e. The summed E-state index contributed by atoms with van der Waals surface area (Å²) in [5.74, 6) is 0.994. The van der Waals surface area contributed by atoms with Gasteiger partial charge in [-0.05, 0) is 31.2 Å². The van der Waals surface area contributed by atoms with Gasteiger partial charge in [0.15, 0.2) is 0 Å². The molecule has 4 heteroatoms. The zero-order valence-electron chi connectivity index (χ0n) is 10.4. The van der Waals surface area contributed by atoms with Gasteiger partial charge in [-0.25, -0.2) is 0 Å². The Kier molecular flexibility index (Phi) is 3.72. The van der Waals surface area contributed by atoms with E-state index in [1.807, 2.05) is 24.3 Å². The lowest BCUT2D eigenvalue weighted by molar-refractivity contribution is -0.0660. The molecule has 0 amide bonds. The molecule has 17 heavy (non-hydrogen) atoms. The highest BCUT2D eigenvalue weighted by Crippen LogP contribution is 2.38. The molecule has 0 spiro atoms. The zero-order valence-corrected chi connectivity index (χ0v) is 11.5. The third-order valence-electron chi connectivity index (χ3n) is 3.75. The van der Waals surface area contributed by atoms with Crippen LogP contribution >= 0.6 is 9.47 Å². The molecule has 94 valence electrons. The van der Waals surface area contributed by atoms with Gasteiger partial charge in [0.2, 0.25) is 0 Å². The van der Waals surface area contributed by atoms with Crippen molar-refractivity contribution in [3.05, 3.63) is 29.8 Å². The van der Waals surface area contributed by atoms with Gasteiger partial charge in [-0.3, -0.25) is 0 Å². The van der Waals surface area contributed by atoms with Gasteiger partial charge in [0.1, 0.15) is 5.75 Å². The van der Waals surface area contributed by atoms with Crippen molar-refractivity contribution in [2.75, 3.05) is 20.1 Å². The van der Waals surface area contributed by atoms with Crippen molar-refractivity contribution in [3.8, 4) is 5.75 Å². The van der Waals surface area contributed by atoms with Crippen LogP contribution < -0.4 is 4.52 Å². The van der Waals surface area contributed by atoms with E-state index in [1.54, 1.807) is 0 Å². The Morgan fingerprint density at radius 1 is 1.53 bits per heavy atom. The molecular formula is C13H20NO2P. The van der Waals surface area contributed by atoms with Crippen LogP contribution in [-0.2, 0) is 5.60 Å². The molecule has 2 rings (SSSR count). The fraction of sp³-hybridized carbons (Fsp3) is 0.538. The van der Waals surface area contributed by atoms with Crippen LogP contribution in [0, 0.1) is 5.92 Å². The van der Waals surface area contributed by atoms with E-state index < -0.39 is 5.60 Å². The predicted octanol–water partition coefficient (Wildman–Crippen LogP) is 2.01. The molecule has 0 aromatic heterocycles. The van der Waals surface area contributed by atoms with Crippen LogP contribution in [0.1, 0.15) is 18.9 Å². The smallest absolute Gasteiger partial charge is 0.122 e. The monoisotopic (exact) mass is 253 g/mol. The van der Waals surface area contributed by atoms with E-state index in [4.69, 9.17) is 4.52 Å². The highest BCUT2D eigenvalue weighted by atomic mass is 31.0. The Morgan fingerprint density at radius 2 is 2.29 bits per heavy atom. The van der Waals surface area contributed by atoms with Crippen molar-refractivity contribution in [3.63, 3.8) is 0 Å². The van der Waals surface area contributed by atoms with Gasteiger partial charge in [0.25, 0.3) is 0 Å². The molecule has 1 aliphatic rings. The molecule has 0 radical (unpaired) electrons. The Hall–Kier alpha value is -0.630. The topological polar surface area (TPSA) is 32.7 Å². The molecular weight excluding hydrogens is 233 g/mol. The molecule has 1 unspecified atom stereocenters. The fourth-order valence-electron chi connectivity index (χ4n) is 2.59. The summed E-state index contributed by atoms with van der Waals surface area (Å²) in [5, 5.41) is 10.9. The van der Waals surface area contributed by atoms with E-state index in [0.29, 0.717) is 0 Å². The minimum Gasteiger partial charge on any atom is -0.480 e. The van der Waals surface area contributed by atoms with Crippen molar-refractivity contribution < 1.29 is 9.63 Å². The second-order valence-corrected chi connectivity index (χ2v) is 5.22. The van der Waals surface area contributed by atoms with Crippen LogP contribution in [-0.4, -0.2) is 30.1 Å². The first-order valence-electron chi connectivity index (χ1n) is 5.94. The van der Waals surface area contributed by atoms with E-state index in [9.17, 15) is 5.11 Å². The Morgan fingerprint density at radius 3 is 2.94 bits per heavy atom. The van der Waals surface area contributed by atoms with Crippen LogP contribution in [0.4, 0.5) is 0 Å². The Bertz CT molecular complexity index is 399. The molecule has 1 aromatic rings. The molecule has 0 aliphatic carbocycles. The number of piperidine rings is 1. The van der Waals surface area contributed by atoms with Crippen molar-refractivity contribution in [2.24, 2.45) is 5.92 Å². The molecule has 1 heterocycles. The molecule has 0 bridgehead atoms. The van der Waals surface area contributed by atoms with E-state index in [1.165, 1.54) is 0 Å². The van der Waals surface area contributed by atoms with Gasteiger partial charge in [-0.1, -0.05) is 19.1 Å². The second kappa shape index (κ2) is 4.93. The van der Waals surface area contributed by atoms with Crippen LogP contribution in [0.5, 0.6) is 5.75 Å². The summed E-state index contributed by atoms with van der Waals surface area (Å²) in [6.45, 7) is 3.94. The second-order valence-electron chi connectivity index (χ2n) is 4.98. The minimum absolute atomic E-state index is 0.223. The summed E-state index contributed by atoms with van der Waals surface area (Å²) >= 11 is 0. The van der Waals surface area contributed by atoms with Gasteiger partial charge in [-0.15, -0.1) is 0 Å². The van der Waals surface area contributed by atoms with E-state index in [0.717, 1.165) is 30.8 Å². The van der Waals surface area contributed by atoms with Gasteiger partial charge >= 0.3 is 0 Å². The first-order valence-corrected chi connectivity index (χ1v) is 6.41. The predicted molar refractivity (Wildman–Crippen MR) is 72.0 cm³/mol. The highest BCUT2D eigenvalue weighted by Gasteiger charge is 2.39. The highest BCUT2D eigenvalue weighted by molar-refractivity contribution is 7.10. The van der Waals surface area contributed by atoms with Crippen molar-refractivity contribution in [1.82, 2.24) is 4.90 Å². The maximum absolute atomic E-state index is 10.9. The normalized spacial score (nSPS) is 30.2. The lowest BCUT2D eigenvalue weighted by Crippen LogP contribution is -2.47. The van der Waals surface area contributed by atoms with Crippen LogP contribution in [0.2, 0.25) is 0 Å². The molecule has 1 fully saturated rings. The minimum atomic E-state index is -0.730. The summed E-state index contributed by atoms with van der Waals surface area (Å²) in [6, 6.07) is 7.72. The first-order chi connectivity index (χ1) is 8.06. The maximum atomic E-state index is 10.9. The number of nitrogens with zero attached hydrogens (tertiary/aromatic N) is 1. The average Bonchev–Trinajstić information content (AvgIpc) is 2.34. The average molecular weight is 253 g/mol. The van der Waals surface area contributed by atoms with E-state index in [-0.39, 0.29) is 5.92 Å². The summed E-state index contributed by atoms with van der Waals surface area (Å²) in [4.78, 5) is 2.26. The lowest BCUT2D eigenvalue weighted by Gasteiger charge is -2.42. The Labute approximate surface area is 105 Å². The number of hydrogen-bond acceptors (Lipinski definition) is 3. The van der Waals surface area contributed by atoms with Crippen LogP contribution in [0.25, 0.3) is 0 Å². The van der Waals surface area contributed by atoms with Crippen LogP contribution in [0.15, 0.2) is 24.3 Å². The maximum Gasteiger partial charge on any atom is 0.122 e. The summed E-state index contributed by atoms with van der Waals surface area (Å²) in [5.41, 5.74) is 0.226. The number of rotatable bonds is 2. The standard InChI is InChI=1S/C13H20NO2P/c1-10-9-14(2)7-6-13(10,15)11-4-3-5-12(8-11)16-17/h3-5,8,10,15H,6-7,9,17H2,1-2H3/t10-,13+/m0/s1.